The molecule has 24 heavy (non-hydrogen) atoms. The summed E-state index contributed by atoms with van der Waals surface area (Å²) >= 11 is 0. The molecule has 6 nitrogen and oxygen atoms in total. The first-order valence-electron chi connectivity index (χ1n) is 7.48. The van der Waals surface area contributed by atoms with Crippen LogP contribution in [0.3, 0.4) is 0 Å². The minimum Gasteiger partial charge on any atom is -0.479 e. The standard InChI is InChI=1S/C17H18N2O4S/c1-10-4-7-16(11(2)8-10)24(21,22)19-13-5-6-15-14(9-13)18-17(20)12(3)23-15/h4-9,12,19H,1-3H3,(H,18,20). The number of rotatable bonds is 3. The van der Waals surface area contributed by atoms with E-state index in [9.17, 15) is 13.2 Å². The minimum atomic E-state index is -3.72. The number of fused-ring (bicyclic) bond motifs is 1. The van der Waals surface area contributed by atoms with Crippen LogP contribution in [0.25, 0.3) is 0 Å². The second kappa shape index (κ2) is 5.83. The van der Waals surface area contributed by atoms with E-state index in [0.29, 0.717) is 22.7 Å². The van der Waals surface area contributed by atoms with Crippen molar-refractivity contribution in [2.24, 2.45) is 0 Å². The summed E-state index contributed by atoms with van der Waals surface area (Å²) < 4.78 is 33.2. The van der Waals surface area contributed by atoms with Gasteiger partial charge in [0.25, 0.3) is 15.9 Å². The number of carbonyl (C=O) groups is 1. The molecule has 1 amide bonds. The summed E-state index contributed by atoms with van der Waals surface area (Å²) in [6, 6.07) is 9.92. The Labute approximate surface area is 140 Å². The number of benzene rings is 2. The number of carbonyl (C=O) groups excluding carboxylic acids is 1. The lowest BCUT2D eigenvalue weighted by Crippen LogP contribution is -2.34. The number of sulfonamides is 1. The van der Waals surface area contributed by atoms with Crippen molar-refractivity contribution in [2.75, 3.05) is 10.0 Å². The van der Waals surface area contributed by atoms with E-state index in [-0.39, 0.29) is 10.8 Å². The Hall–Kier alpha value is -2.54. The van der Waals surface area contributed by atoms with Gasteiger partial charge in [-0.3, -0.25) is 9.52 Å². The number of ether oxygens (including phenoxy) is 1. The van der Waals surface area contributed by atoms with Gasteiger partial charge >= 0.3 is 0 Å². The van der Waals surface area contributed by atoms with Gasteiger partial charge in [-0.25, -0.2) is 8.42 Å². The van der Waals surface area contributed by atoms with E-state index in [1.54, 1.807) is 44.2 Å². The zero-order valence-electron chi connectivity index (χ0n) is 13.6. The third-order valence-corrected chi connectivity index (χ3v) is 5.32. The molecular weight excluding hydrogens is 328 g/mol. The smallest absolute Gasteiger partial charge is 0.265 e. The molecule has 0 saturated heterocycles. The molecule has 0 saturated carbocycles. The minimum absolute atomic E-state index is 0.222. The van der Waals surface area contributed by atoms with Gasteiger partial charge in [0.15, 0.2) is 6.10 Å². The first-order chi connectivity index (χ1) is 11.3. The van der Waals surface area contributed by atoms with Gasteiger partial charge in [0.05, 0.1) is 16.3 Å². The van der Waals surface area contributed by atoms with Crippen LogP contribution in [0, 0.1) is 13.8 Å². The molecule has 1 aliphatic rings. The normalized spacial score (nSPS) is 16.8. The summed E-state index contributed by atoms with van der Waals surface area (Å²) in [6.45, 7) is 5.31. The Morgan fingerprint density at radius 1 is 1.12 bits per heavy atom. The van der Waals surface area contributed by atoms with E-state index in [1.807, 2.05) is 13.0 Å². The quantitative estimate of drug-likeness (QED) is 0.895. The van der Waals surface area contributed by atoms with Crippen molar-refractivity contribution in [3.63, 3.8) is 0 Å². The van der Waals surface area contributed by atoms with Gasteiger partial charge in [0.2, 0.25) is 0 Å². The molecule has 1 unspecified atom stereocenters. The fourth-order valence-corrected chi connectivity index (χ4v) is 3.86. The lowest BCUT2D eigenvalue weighted by atomic mass is 10.2. The van der Waals surface area contributed by atoms with Crippen molar-refractivity contribution in [3.05, 3.63) is 47.5 Å². The van der Waals surface area contributed by atoms with E-state index in [4.69, 9.17) is 4.74 Å². The SMILES string of the molecule is Cc1ccc(S(=O)(=O)Nc2ccc3c(c2)NC(=O)C(C)O3)c(C)c1. The maximum atomic E-state index is 12.6. The molecule has 2 aromatic carbocycles. The van der Waals surface area contributed by atoms with Gasteiger partial charge in [-0.05, 0) is 50.6 Å². The zero-order valence-corrected chi connectivity index (χ0v) is 14.4. The highest BCUT2D eigenvalue weighted by molar-refractivity contribution is 7.92. The molecule has 2 aromatic rings. The molecule has 0 aliphatic carbocycles. The Bertz CT molecular complexity index is 922. The van der Waals surface area contributed by atoms with Gasteiger partial charge in [-0.2, -0.15) is 0 Å². The van der Waals surface area contributed by atoms with Crippen LogP contribution in [0.4, 0.5) is 11.4 Å². The highest BCUT2D eigenvalue weighted by Crippen LogP contribution is 2.33. The van der Waals surface area contributed by atoms with Crippen molar-refractivity contribution >= 4 is 27.3 Å². The number of anilines is 2. The highest BCUT2D eigenvalue weighted by Gasteiger charge is 2.24. The summed E-state index contributed by atoms with van der Waals surface area (Å²) in [6.07, 6.45) is -0.574. The van der Waals surface area contributed by atoms with Crippen molar-refractivity contribution < 1.29 is 17.9 Å². The summed E-state index contributed by atoms with van der Waals surface area (Å²) in [4.78, 5) is 11.9. The van der Waals surface area contributed by atoms with E-state index >= 15 is 0 Å². The van der Waals surface area contributed by atoms with Crippen LogP contribution in [-0.4, -0.2) is 20.4 Å². The molecule has 0 fully saturated rings. The van der Waals surface area contributed by atoms with Crippen LogP contribution in [0.1, 0.15) is 18.1 Å². The van der Waals surface area contributed by atoms with Crippen molar-refractivity contribution in [3.8, 4) is 5.75 Å². The molecule has 3 rings (SSSR count). The van der Waals surface area contributed by atoms with Gasteiger partial charge in [0, 0.05) is 0 Å². The Morgan fingerprint density at radius 2 is 1.88 bits per heavy atom. The molecule has 126 valence electrons. The molecule has 1 heterocycles. The van der Waals surface area contributed by atoms with E-state index in [0.717, 1.165) is 5.56 Å². The Balaban J connectivity index is 1.91. The van der Waals surface area contributed by atoms with E-state index < -0.39 is 16.1 Å². The van der Waals surface area contributed by atoms with Crippen molar-refractivity contribution in [2.45, 2.75) is 31.8 Å². The van der Waals surface area contributed by atoms with E-state index in [1.165, 1.54) is 0 Å². The Kier molecular flexibility index (Phi) is 3.96. The third-order valence-electron chi connectivity index (χ3n) is 3.78. The molecule has 0 spiro atoms. The molecule has 1 aliphatic heterocycles. The zero-order chi connectivity index (χ0) is 17.5. The van der Waals surface area contributed by atoms with Crippen molar-refractivity contribution in [1.82, 2.24) is 0 Å². The van der Waals surface area contributed by atoms with Crippen LogP contribution in [0.2, 0.25) is 0 Å². The lowest BCUT2D eigenvalue weighted by molar-refractivity contribution is -0.122. The highest BCUT2D eigenvalue weighted by atomic mass is 32.2. The maximum Gasteiger partial charge on any atom is 0.265 e. The molecule has 0 bridgehead atoms. The Morgan fingerprint density at radius 3 is 2.58 bits per heavy atom. The lowest BCUT2D eigenvalue weighted by Gasteiger charge is -2.23. The van der Waals surface area contributed by atoms with Gasteiger partial charge in [0.1, 0.15) is 5.75 Å². The fraction of sp³-hybridized carbons (Fsp3) is 0.235. The van der Waals surface area contributed by atoms with Gasteiger partial charge < -0.3 is 10.1 Å². The van der Waals surface area contributed by atoms with Crippen molar-refractivity contribution in [1.29, 1.82) is 0 Å². The summed E-state index contributed by atoms with van der Waals surface area (Å²) in [5.74, 6) is 0.244. The first kappa shape index (κ1) is 16.3. The molecule has 0 aromatic heterocycles. The summed E-state index contributed by atoms with van der Waals surface area (Å²) in [7, 11) is -3.72. The summed E-state index contributed by atoms with van der Waals surface area (Å²) in [5.41, 5.74) is 2.46. The average molecular weight is 346 g/mol. The second-order valence-corrected chi connectivity index (χ2v) is 7.49. The monoisotopic (exact) mass is 346 g/mol. The van der Waals surface area contributed by atoms with Gasteiger partial charge in [-0.1, -0.05) is 17.7 Å². The van der Waals surface area contributed by atoms with Crippen LogP contribution < -0.4 is 14.8 Å². The van der Waals surface area contributed by atoms with Crippen LogP contribution in [0.15, 0.2) is 41.3 Å². The van der Waals surface area contributed by atoms with Crippen LogP contribution in [-0.2, 0) is 14.8 Å². The van der Waals surface area contributed by atoms with Crippen LogP contribution in [0.5, 0.6) is 5.75 Å². The topological polar surface area (TPSA) is 84.5 Å². The maximum absolute atomic E-state index is 12.6. The predicted octanol–water partition coefficient (Wildman–Crippen LogP) is 2.82. The van der Waals surface area contributed by atoms with Crippen LogP contribution >= 0.6 is 0 Å². The summed E-state index contributed by atoms with van der Waals surface area (Å²) in [5, 5.41) is 2.70. The molecule has 0 radical (unpaired) electrons. The average Bonchev–Trinajstić information content (AvgIpc) is 2.48. The van der Waals surface area contributed by atoms with E-state index in [2.05, 4.69) is 10.0 Å². The van der Waals surface area contributed by atoms with Gasteiger partial charge in [-0.15, -0.1) is 0 Å². The number of hydrogen-bond acceptors (Lipinski definition) is 4. The largest absolute Gasteiger partial charge is 0.479 e. The molecule has 1 atom stereocenters. The number of amides is 1. The number of nitrogens with one attached hydrogen (secondary N) is 2. The number of aryl methyl sites for hydroxylation is 2. The predicted molar refractivity (Wildman–Crippen MR) is 91.9 cm³/mol. The second-order valence-electron chi connectivity index (χ2n) is 5.83. The number of hydrogen-bond donors (Lipinski definition) is 2. The molecule has 7 heteroatoms. The molecule has 2 N–H and O–H groups in total. The first-order valence-corrected chi connectivity index (χ1v) is 8.96. The fourth-order valence-electron chi connectivity index (χ4n) is 2.58. The third kappa shape index (κ3) is 3.07. The molecular formula is C17H18N2O4S.